The van der Waals surface area contributed by atoms with Crippen molar-refractivity contribution in [2.75, 3.05) is 4.72 Å². The van der Waals surface area contributed by atoms with E-state index in [1.165, 1.54) is 18.3 Å². The van der Waals surface area contributed by atoms with E-state index < -0.39 is 10.0 Å². The Labute approximate surface area is 133 Å². The average molecular weight is 342 g/mol. The van der Waals surface area contributed by atoms with Gasteiger partial charge in [-0.25, -0.2) is 8.42 Å². The molecule has 1 heterocycles. The van der Waals surface area contributed by atoms with Crippen molar-refractivity contribution < 1.29 is 8.42 Å². The number of thiocarbonyl (C=S) groups is 1. The highest BCUT2D eigenvalue weighted by molar-refractivity contribution is 7.93. The molecule has 0 atom stereocenters. The van der Waals surface area contributed by atoms with Gasteiger partial charge in [0.25, 0.3) is 10.0 Å². The molecule has 0 aliphatic carbocycles. The molecular formula is C13H12ClN3O2S2. The number of anilines is 1. The second-order valence-electron chi connectivity index (χ2n) is 4.30. The van der Waals surface area contributed by atoms with Gasteiger partial charge in [-0.05, 0) is 36.8 Å². The number of sulfonamides is 1. The third-order valence-corrected chi connectivity index (χ3v) is 4.57. The smallest absolute Gasteiger partial charge is 0.264 e. The van der Waals surface area contributed by atoms with E-state index in [0.717, 1.165) is 5.56 Å². The van der Waals surface area contributed by atoms with Gasteiger partial charge < -0.3 is 5.73 Å². The van der Waals surface area contributed by atoms with Gasteiger partial charge in [0.2, 0.25) is 0 Å². The van der Waals surface area contributed by atoms with Crippen molar-refractivity contribution in [2.45, 2.75) is 11.8 Å². The van der Waals surface area contributed by atoms with Gasteiger partial charge in [0.05, 0.1) is 10.7 Å². The van der Waals surface area contributed by atoms with Crippen LogP contribution in [-0.2, 0) is 10.0 Å². The second kappa shape index (κ2) is 5.97. The van der Waals surface area contributed by atoms with Crippen LogP contribution in [0.25, 0.3) is 0 Å². The summed E-state index contributed by atoms with van der Waals surface area (Å²) in [6, 6.07) is 7.88. The van der Waals surface area contributed by atoms with Crippen LogP contribution in [0.1, 0.15) is 11.3 Å². The fraction of sp³-hybridized carbons (Fsp3) is 0.0769. The van der Waals surface area contributed by atoms with Gasteiger partial charge in [-0.2, -0.15) is 0 Å². The molecule has 0 spiro atoms. The van der Waals surface area contributed by atoms with E-state index in [1.807, 2.05) is 6.92 Å². The van der Waals surface area contributed by atoms with Gasteiger partial charge in [0.1, 0.15) is 15.6 Å². The summed E-state index contributed by atoms with van der Waals surface area (Å²) >= 11 is 10.9. The molecule has 2 aromatic rings. The molecule has 0 saturated heterocycles. The predicted molar refractivity (Wildman–Crippen MR) is 87.1 cm³/mol. The van der Waals surface area contributed by atoms with Crippen molar-refractivity contribution in [1.82, 2.24) is 4.98 Å². The van der Waals surface area contributed by atoms with Gasteiger partial charge in [0.15, 0.2) is 0 Å². The van der Waals surface area contributed by atoms with Crippen LogP contribution < -0.4 is 10.5 Å². The molecule has 0 saturated carbocycles. The molecule has 0 radical (unpaired) electrons. The van der Waals surface area contributed by atoms with Crippen LogP contribution in [0.3, 0.4) is 0 Å². The summed E-state index contributed by atoms with van der Waals surface area (Å²) in [5, 5.41) is 0.305. The third kappa shape index (κ3) is 3.49. The van der Waals surface area contributed by atoms with Crippen molar-refractivity contribution in [3.05, 3.63) is 52.8 Å². The number of aryl methyl sites for hydroxylation is 1. The minimum atomic E-state index is -3.89. The number of rotatable bonds is 4. The number of nitrogens with zero attached hydrogens (tertiary/aromatic N) is 1. The standard InChI is InChI=1S/C13H12ClN3O2S2/c1-8-4-5-10(9(14)7-8)17-21(18,19)11-3-2-6-16-12(11)13(15)20/h2-7,17H,1H3,(H2,15,20). The van der Waals surface area contributed by atoms with Crippen molar-refractivity contribution in [1.29, 1.82) is 0 Å². The molecule has 0 aliphatic rings. The molecule has 2 rings (SSSR count). The SMILES string of the molecule is Cc1ccc(NS(=O)(=O)c2cccnc2C(N)=S)c(Cl)c1. The molecule has 5 nitrogen and oxygen atoms in total. The van der Waals surface area contributed by atoms with E-state index in [-0.39, 0.29) is 21.3 Å². The lowest BCUT2D eigenvalue weighted by atomic mass is 10.2. The number of nitrogens with one attached hydrogen (secondary N) is 1. The van der Waals surface area contributed by atoms with Crippen LogP contribution in [0.4, 0.5) is 5.69 Å². The maximum atomic E-state index is 12.4. The fourth-order valence-electron chi connectivity index (χ4n) is 1.70. The minimum Gasteiger partial charge on any atom is -0.388 e. The topological polar surface area (TPSA) is 85.1 Å². The van der Waals surface area contributed by atoms with Crippen LogP contribution in [0.5, 0.6) is 0 Å². The van der Waals surface area contributed by atoms with E-state index in [2.05, 4.69) is 9.71 Å². The van der Waals surface area contributed by atoms with Crippen LogP contribution in [-0.4, -0.2) is 18.4 Å². The first-order valence-electron chi connectivity index (χ1n) is 5.85. The van der Waals surface area contributed by atoms with Gasteiger partial charge in [-0.3, -0.25) is 9.71 Å². The zero-order chi connectivity index (χ0) is 15.6. The van der Waals surface area contributed by atoms with E-state index in [0.29, 0.717) is 5.02 Å². The monoisotopic (exact) mass is 341 g/mol. The number of hydrogen-bond donors (Lipinski definition) is 2. The number of aromatic nitrogens is 1. The molecule has 8 heteroatoms. The molecule has 0 aliphatic heterocycles. The van der Waals surface area contributed by atoms with E-state index in [9.17, 15) is 8.42 Å². The van der Waals surface area contributed by atoms with Gasteiger partial charge in [-0.15, -0.1) is 0 Å². The normalized spacial score (nSPS) is 11.1. The average Bonchev–Trinajstić information content (AvgIpc) is 2.42. The van der Waals surface area contributed by atoms with Crippen LogP contribution in [0.2, 0.25) is 5.02 Å². The highest BCUT2D eigenvalue weighted by Crippen LogP contribution is 2.26. The summed E-state index contributed by atoms with van der Waals surface area (Å²) in [6.45, 7) is 1.86. The molecule has 0 bridgehead atoms. The van der Waals surface area contributed by atoms with Crippen molar-refractivity contribution >= 4 is 44.5 Å². The van der Waals surface area contributed by atoms with E-state index in [4.69, 9.17) is 29.6 Å². The first kappa shape index (κ1) is 15.7. The number of halogens is 1. The molecule has 1 aromatic heterocycles. The Morgan fingerprint density at radius 2 is 2.10 bits per heavy atom. The third-order valence-electron chi connectivity index (χ3n) is 2.66. The highest BCUT2D eigenvalue weighted by atomic mass is 35.5. The Hall–Kier alpha value is -1.70. The molecule has 3 N–H and O–H groups in total. The lowest BCUT2D eigenvalue weighted by molar-refractivity contribution is 0.600. The maximum absolute atomic E-state index is 12.4. The molecule has 110 valence electrons. The summed E-state index contributed by atoms with van der Waals surface area (Å²) in [4.78, 5) is 3.72. The Morgan fingerprint density at radius 3 is 2.71 bits per heavy atom. The Kier molecular flexibility index (Phi) is 4.46. The summed E-state index contributed by atoms with van der Waals surface area (Å²) < 4.78 is 27.3. The minimum absolute atomic E-state index is 0.0447. The van der Waals surface area contributed by atoms with Gasteiger partial charge >= 0.3 is 0 Å². The molecule has 0 amide bonds. The van der Waals surface area contributed by atoms with Gasteiger partial charge in [0, 0.05) is 6.20 Å². The summed E-state index contributed by atoms with van der Waals surface area (Å²) in [5.41, 5.74) is 6.75. The van der Waals surface area contributed by atoms with Crippen molar-refractivity contribution in [3.8, 4) is 0 Å². The molecule has 1 aromatic carbocycles. The molecule has 0 unspecified atom stereocenters. The number of hydrogen-bond acceptors (Lipinski definition) is 4. The zero-order valence-corrected chi connectivity index (χ0v) is 13.4. The fourth-order valence-corrected chi connectivity index (χ4v) is 3.51. The quantitative estimate of drug-likeness (QED) is 0.834. The van der Waals surface area contributed by atoms with Crippen LogP contribution in [0, 0.1) is 6.92 Å². The predicted octanol–water partition coefficient (Wildman–Crippen LogP) is 2.48. The Bertz CT molecular complexity index is 807. The largest absolute Gasteiger partial charge is 0.388 e. The van der Waals surface area contributed by atoms with Crippen LogP contribution >= 0.6 is 23.8 Å². The van der Waals surface area contributed by atoms with Crippen LogP contribution in [0.15, 0.2) is 41.4 Å². The molecule has 0 fully saturated rings. The maximum Gasteiger partial charge on any atom is 0.264 e. The lowest BCUT2D eigenvalue weighted by Gasteiger charge is -2.12. The lowest BCUT2D eigenvalue weighted by Crippen LogP contribution is -2.21. The van der Waals surface area contributed by atoms with Crippen molar-refractivity contribution in [3.63, 3.8) is 0 Å². The summed E-state index contributed by atoms with van der Waals surface area (Å²) in [5.74, 6) is 0. The zero-order valence-electron chi connectivity index (χ0n) is 11.0. The summed E-state index contributed by atoms with van der Waals surface area (Å²) in [6.07, 6.45) is 1.42. The van der Waals surface area contributed by atoms with E-state index >= 15 is 0 Å². The van der Waals surface area contributed by atoms with E-state index in [1.54, 1.807) is 18.2 Å². The van der Waals surface area contributed by atoms with Gasteiger partial charge in [-0.1, -0.05) is 29.9 Å². The Balaban J connectivity index is 2.46. The second-order valence-corrected chi connectivity index (χ2v) is 6.80. The number of benzene rings is 1. The summed E-state index contributed by atoms with van der Waals surface area (Å²) in [7, 11) is -3.89. The number of nitrogens with two attached hydrogens (primary N) is 1. The van der Waals surface area contributed by atoms with Crippen molar-refractivity contribution in [2.24, 2.45) is 5.73 Å². The molecular weight excluding hydrogens is 330 g/mol. The number of pyridine rings is 1. The first-order chi connectivity index (χ1) is 9.81. The first-order valence-corrected chi connectivity index (χ1v) is 8.12. The Morgan fingerprint density at radius 1 is 1.38 bits per heavy atom. The highest BCUT2D eigenvalue weighted by Gasteiger charge is 2.21. The molecule has 21 heavy (non-hydrogen) atoms.